The lowest BCUT2D eigenvalue weighted by atomic mass is 10.2. The van der Waals surface area contributed by atoms with Crippen LogP contribution in [0.3, 0.4) is 0 Å². The van der Waals surface area contributed by atoms with Crippen molar-refractivity contribution < 1.29 is 74.0 Å². The molecule has 0 aliphatic carbocycles. The third-order valence-electron chi connectivity index (χ3n) is 6.00. The van der Waals surface area contributed by atoms with Gasteiger partial charge in [-0.25, -0.2) is 29.0 Å². The number of para-hydroxylation sites is 1. The van der Waals surface area contributed by atoms with Crippen LogP contribution in [0.4, 0.5) is 51.0 Å². The number of nitrogens with zero attached hydrogens (tertiary/aromatic N) is 7. The lowest BCUT2D eigenvalue weighted by Crippen LogP contribution is -2.44. The average molecular weight is 759 g/mol. The highest BCUT2D eigenvalue weighted by atomic mass is 19.4. The van der Waals surface area contributed by atoms with E-state index in [0.29, 0.717) is 30.1 Å². The van der Waals surface area contributed by atoms with Crippen LogP contribution in [0.2, 0.25) is 0 Å². The Morgan fingerprint density at radius 3 is 1.92 bits per heavy atom. The number of benzene rings is 1. The molecular weight excluding hydrogens is 731 g/mol. The van der Waals surface area contributed by atoms with Crippen LogP contribution in [-0.4, -0.2) is 112 Å². The Balaban J connectivity index is 0.000000365. The molecule has 1 aromatic carbocycles. The highest BCUT2D eigenvalue weighted by molar-refractivity contribution is 5.84. The van der Waals surface area contributed by atoms with Crippen LogP contribution in [-0.2, 0) is 32.2 Å². The van der Waals surface area contributed by atoms with Crippen molar-refractivity contribution in [1.82, 2.24) is 34.8 Å². The van der Waals surface area contributed by atoms with Crippen LogP contribution in [0.5, 0.6) is 0 Å². The fourth-order valence-electron chi connectivity index (χ4n) is 3.81. The van der Waals surface area contributed by atoms with Gasteiger partial charge in [-0.15, -0.1) is 5.10 Å². The first kappa shape index (κ1) is 42.5. The molecule has 284 valence electrons. The number of pyridine rings is 1. The first-order valence-electron chi connectivity index (χ1n) is 14.1. The number of rotatable bonds is 6. The number of morpholine rings is 1. The van der Waals surface area contributed by atoms with Crippen LogP contribution in [0.1, 0.15) is 11.4 Å². The van der Waals surface area contributed by atoms with E-state index in [1.165, 1.54) is 6.33 Å². The number of aryl methyl sites for hydroxylation is 1. The van der Waals surface area contributed by atoms with Crippen LogP contribution >= 0.6 is 0 Å². The third kappa shape index (κ3) is 14.7. The van der Waals surface area contributed by atoms with Gasteiger partial charge < -0.3 is 25.4 Å². The summed E-state index contributed by atoms with van der Waals surface area (Å²) >= 11 is 0. The normalized spacial score (nSPS) is 14.8. The summed E-state index contributed by atoms with van der Waals surface area (Å²) in [6.45, 7) is 5.78. The number of carbonyl (C=O) groups is 3. The quantitative estimate of drug-likeness (QED) is 0.200. The van der Waals surface area contributed by atoms with Crippen molar-refractivity contribution in [2.45, 2.75) is 44.6 Å². The van der Waals surface area contributed by atoms with Crippen molar-refractivity contribution >= 4 is 40.6 Å². The Bertz CT molecular complexity index is 1720. The standard InChI is InChI=1S/C22H24N8O.3C2HF3O2/c1-16-6-5-9-18(25-16)12-29-10-11-31-19(13-29)14-30-22-20(27-28-30)21(23-15-24-22)26-17-7-3-2-4-8-17;3*3-2(4,5)1(6)7/h2-9,15,19H,10-14H2,1H3,(H,23,24,26);3*(H,6,7). The second-order valence-corrected chi connectivity index (χ2v) is 10.1. The molecule has 1 aliphatic heterocycles. The molecule has 0 radical (unpaired) electrons. The molecule has 1 saturated heterocycles. The Hall–Kier alpha value is -5.65. The second kappa shape index (κ2) is 18.5. The molecule has 1 atom stereocenters. The SMILES string of the molecule is Cc1cccc(CN2CCOC(Cn3nnc4c(Nc5ccccc5)ncnc43)C2)n1.O=C(O)C(F)(F)F.O=C(O)C(F)(F)F.O=C(O)C(F)(F)F. The number of hydrogen-bond donors (Lipinski definition) is 4. The summed E-state index contributed by atoms with van der Waals surface area (Å²) < 4.78 is 103. The Labute approximate surface area is 285 Å². The van der Waals surface area contributed by atoms with Crippen LogP contribution in [0.15, 0.2) is 54.9 Å². The fourth-order valence-corrected chi connectivity index (χ4v) is 3.81. The number of carboxylic acids is 3. The Morgan fingerprint density at radius 2 is 1.40 bits per heavy atom. The molecular formula is C28H27F9N8O7. The molecule has 0 amide bonds. The summed E-state index contributed by atoms with van der Waals surface area (Å²) in [5, 5.41) is 33.3. The summed E-state index contributed by atoms with van der Waals surface area (Å²) in [4.78, 5) is 42.4. The Kier molecular flexibility index (Phi) is 15.2. The number of fused-ring (bicyclic) bond motifs is 1. The van der Waals surface area contributed by atoms with Gasteiger partial charge in [0, 0.05) is 31.0 Å². The highest BCUT2D eigenvalue weighted by Crippen LogP contribution is 2.22. The van der Waals surface area contributed by atoms with Gasteiger partial charge in [-0.3, -0.25) is 9.88 Å². The van der Waals surface area contributed by atoms with Gasteiger partial charge in [0.25, 0.3) is 0 Å². The van der Waals surface area contributed by atoms with E-state index < -0.39 is 36.4 Å². The minimum atomic E-state index is -5.08. The molecule has 24 heteroatoms. The first-order chi connectivity index (χ1) is 24.1. The van der Waals surface area contributed by atoms with E-state index in [1.807, 2.05) is 43.3 Å². The first-order valence-corrected chi connectivity index (χ1v) is 14.1. The number of hydrogen-bond acceptors (Lipinski definition) is 11. The van der Waals surface area contributed by atoms with E-state index >= 15 is 0 Å². The maximum Gasteiger partial charge on any atom is 0.490 e. The molecule has 0 saturated carbocycles. The van der Waals surface area contributed by atoms with Gasteiger partial charge in [0.05, 0.1) is 24.9 Å². The van der Waals surface area contributed by atoms with Crippen LogP contribution in [0.25, 0.3) is 11.2 Å². The van der Waals surface area contributed by atoms with E-state index in [0.717, 1.165) is 36.7 Å². The molecule has 15 nitrogen and oxygen atoms in total. The molecule has 1 fully saturated rings. The zero-order valence-corrected chi connectivity index (χ0v) is 26.3. The van der Waals surface area contributed by atoms with Crippen molar-refractivity contribution in [1.29, 1.82) is 0 Å². The third-order valence-corrected chi connectivity index (χ3v) is 6.00. The highest BCUT2D eigenvalue weighted by Gasteiger charge is 2.39. The van der Waals surface area contributed by atoms with Crippen molar-refractivity contribution in [3.63, 3.8) is 0 Å². The smallest absolute Gasteiger partial charge is 0.475 e. The fraction of sp³-hybridized carbons (Fsp3) is 0.357. The van der Waals surface area contributed by atoms with Gasteiger partial charge in [-0.05, 0) is 31.2 Å². The lowest BCUT2D eigenvalue weighted by molar-refractivity contribution is -0.193. The number of anilines is 2. The predicted octanol–water partition coefficient (Wildman–Crippen LogP) is 4.47. The van der Waals surface area contributed by atoms with Crippen molar-refractivity contribution in [2.75, 3.05) is 25.0 Å². The molecule has 1 aliphatic rings. The molecule has 4 heterocycles. The number of nitrogens with one attached hydrogen (secondary N) is 1. The number of aromatic nitrogens is 6. The molecule has 0 bridgehead atoms. The number of alkyl halides is 9. The van der Waals surface area contributed by atoms with Crippen LogP contribution < -0.4 is 5.32 Å². The summed E-state index contributed by atoms with van der Waals surface area (Å²) in [6.07, 6.45) is -13.7. The van der Waals surface area contributed by atoms with E-state index in [9.17, 15) is 39.5 Å². The van der Waals surface area contributed by atoms with Crippen molar-refractivity contribution in [3.8, 4) is 0 Å². The molecule has 0 spiro atoms. The summed E-state index contributed by atoms with van der Waals surface area (Å²) in [6, 6.07) is 16.0. The topological polar surface area (TPSA) is 206 Å². The Morgan fingerprint density at radius 1 is 0.846 bits per heavy atom. The zero-order chi connectivity index (χ0) is 39.3. The summed E-state index contributed by atoms with van der Waals surface area (Å²) in [5.74, 6) is -7.63. The number of carboxylic acid groups (broad SMARTS) is 3. The minimum absolute atomic E-state index is 0.00366. The minimum Gasteiger partial charge on any atom is -0.475 e. The molecule has 52 heavy (non-hydrogen) atoms. The van der Waals surface area contributed by atoms with E-state index in [2.05, 4.69) is 47.6 Å². The molecule has 4 N–H and O–H groups in total. The maximum absolute atomic E-state index is 10.6. The van der Waals surface area contributed by atoms with E-state index in [4.69, 9.17) is 34.4 Å². The predicted molar refractivity (Wildman–Crippen MR) is 158 cm³/mol. The molecule has 3 aromatic heterocycles. The van der Waals surface area contributed by atoms with Gasteiger partial charge in [-0.1, -0.05) is 29.5 Å². The van der Waals surface area contributed by atoms with Gasteiger partial charge in [0.15, 0.2) is 17.0 Å². The maximum atomic E-state index is 10.6. The van der Waals surface area contributed by atoms with Crippen LogP contribution in [0, 0.1) is 6.92 Å². The monoisotopic (exact) mass is 758 g/mol. The van der Waals surface area contributed by atoms with Gasteiger partial charge in [-0.2, -0.15) is 39.5 Å². The lowest BCUT2D eigenvalue weighted by Gasteiger charge is -2.32. The second-order valence-electron chi connectivity index (χ2n) is 10.1. The van der Waals surface area contributed by atoms with Crippen molar-refractivity contribution in [3.05, 3.63) is 66.2 Å². The molecule has 4 aromatic rings. The number of aliphatic carboxylic acids is 3. The summed E-state index contributed by atoms with van der Waals surface area (Å²) in [5.41, 5.74) is 4.39. The van der Waals surface area contributed by atoms with Gasteiger partial charge >= 0.3 is 36.4 Å². The van der Waals surface area contributed by atoms with E-state index in [-0.39, 0.29) is 6.10 Å². The molecule has 1 unspecified atom stereocenters. The number of ether oxygens (including phenoxy) is 1. The van der Waals surface area contributed by atoms with Gasteiger partial charge in [0.2, 0.25) is 0 Å². The van der Waals surface area contributed by atoms with Crippen molar-refractivity contribution in [2.24, 2.45) is 0 Å². The van der Waals surface area contributed by atoms with Gasteiger partial charge in [0.1, 0.15) is 6.33 Å². The molecule has 5 rings (SSSR count). The number of halogens is 9. The summed E-state index contributed by atoms with van der Waals surface area (Å²) in [7, 11) is 0. The zero-order valence-electron chi connectivity index (χ0n) is 26.3. The van der Waals surface area contributed by atoms with E-state index in [1.54, 1.807) is 4.68 Å². The average Bonchev–Trinajstić information content (AvgIpc) is 3.45. The largest absolute Gasteiger partial charge is 0.490 e.